The third-order valence-electron chi connectivity index (χ3n) is 4.86. The van der Waals surface area contributed by atoms with E-state index in [0.717, 1.165) is 24.5 Å². The number of hydrogen-bond acceptors (Lipinski definition) is 6. The third-order valence-corrected chi connectivity index (χ3v) is 5.45. The van der Waals surface area contributed by atoms with Gasteiger partial charge >= 0.3 is 6.18 Å². The van der Waals surface area contributed by atoms with E-state index in [1.54, 1.807) is 18.2 Å². The monoisotopic (exact) mass is 524 g/mol. The van der Waals surface area contributed by atoms with Gasteiger partial charge in [0.15, 0.2) is 0 Å². The Kier molecular flexibility index (Phi) is 7.98. The summed E-state index contributed by atoms with van der Waals surface area (Å²) in [5, 5.41) is 2.50. The minimum Gasteiger partial charge on any atom is -0.497 e. The van der Waals surface area contributed by atoms with Crippen LogP contribution in [0.5, 0.6) is 17.2 Å². The summed E-state index contributed by atoms with van der Waals surface area (Å²) in [5.74, 6) is 0.325. The molecule has 0 aromatic heterocycles. The van der Waals surface area contributed by atoms with Gasteiger partial charge in [0.25, 0.3) is 5.91 Å². The van der Waals surface area contributed by atoms with E-state index in [0.29, 0.717) is 17.1 Å². The van der Waals surface area contributed by atoms with Crippen molar-refractivity contribution in [1.82, 2.24) is 0 Å². The number of sulfonamides is 1. The Bertz CT molecular complexity index is 1360. The number of halogens is 3. The Balaban J connectivity index is 1.89. The normalized spacial score (nSPS) is 11.5. The van der Waals surface area contributed by atoms with Gasteiger partial charge in [-0.25, -0.2) is 8.42 Å². The van der Waals surface area contributed by atoms with Gasteiger partial charge in [-0.2, -0.15) is 13.2 Å². The van der Waals surface area contributed by atoms with E-state index in [1.165, 1.54) is 38.5 Å². The van der Waals surface area contributed by atoms with Crippen LogP contribution in [-0.2, 0) is 22.8 Å². The van der Waals surface area contributed by atoms with Gasteiger partial charge in [0, 0.05) is 22.9 Å². The number of benzene rings is 3. The van der Waals surface area contributed by atoms with Gasteiger partial charge in [-0.15, -0.1) is 0 Å². The largest absolute Gasteiger partial charge is 0.497 e. The van der Waals surface area contributed by atoms with Crippen LogP contribution in [0.3, 0.4) is 0 Å². The zero-order valence-corrected chi connectivity index (χ0v) is 20.3. The fraction of sp³-hybridized carbons (Fsp3) is 0.208. The maximum Gasteiger partial charge on any atom is 0.416 e. The van der Waals surface area contributed by atoms with Gasteiger partial charge in [-0.05, 0) is 48.5 Å². The molecule has 0 atom stereocenters. The molecule has 0 bridgehead atoms. The van der Waals surface area contributed by atoms with Crippen LogP contribution in [-0.4, -0.2) is 34.8 Å². The Labute approximate surface area is 206 Å². The predicted octanol–water partition coefficient (Wildman–Crippen LogP) is 4.93. The second kappa shape index (κ2) is 10.8. The van der Waals surface area contributed by atoms with Crippen molar-refractivity contribution >= 4 is 27.3 Å². The number of hydrogen-bond donors (Lipinski definition) is 2. The fourth-order valence-corrected chi connectivity index (χ4v) is 3.76. The topological polar surface area (TPSA) is 103 Å². The molecule has 0 aliphatic carbocycles. The van der Waals surface area contributed by atoms with Crippen molar-refractivity contribution in [1.29, 1.82) is 0 Å². The van der Waals surface area contributed by atoms with E-state index < -0.39 is 27.7 Å². The summed E-state index contributed by atoms with van der Waals surface area (Å²) in [6.45, 7) is -0.0517. The summed E-state index contributed by atoms with van der Waals surface area (Å²) in [4.78, 5) is 12.6. The van der Waals surface area contributed by atoms with E-state index in [-0.39, 0.29) is 29.3 Å². The number of carbonyl (C=O) groups is 1. The number of anilines is 2. The first-order valence-corrected chi connectivity index (χ1v) is 12.2. The Morgan fingerprint density at radius 2 is 1.69 bits per heavy atom. The molecule has 0 saturated heterocycles. The van der Waals surface area contributed by atoms with Crippen molar-refractivity contribution in [2.24, 2.45) is 0 Å². The number of ether oxygens (including phenoxy) is 3. The van der Waals surface area contributed by atoms with E-state index in [2.05, 4.69) is 10.0 Å². The van der Waals surface area contributed by atoms with Crippen LogP contribution in [0.15, 0.2) is 60.7 Å². The van der Waals surface area contributed by atoms with Crippen LogP contribution in [0.2, 0.25) is 0 Å². The average molecular weight is 525 g/mol. The molecule has 12 heteroatoms. The summed E-state index contributed by atoms with van der Waals surface area (Å²) in [7, 11) is -0.697. The third kappa shape index (κ3) is 7.04. The average Bonchev–Trinajstić information content (AvgIpc) is 2.82. The van der Waals surface area contributed by atoms with Crippen molar-refractivity contribution < 1.29 is 40.6 Å². The molecule has 3 aromatic rings. The first-order chi connectivity index (χ1) is 16.9. The molecule has 0 aliphatic heterocycles. The minimum atomic E-state index is -4.60. The lowest BCUT2D eigenvalue weighted by atomic mass is 10.1. The molecule has 2 N–H and O–H groups in total. The lowest BCUT2D eigenvalue weighted by Gasteiger charge is -2.16. The standard InChI is InChI=1S/C24H23F3N2O6S/c1-33-19-8-10-21(34-2)16(12-19)14-35-22-13-18(7-9-20(22)29-36(3,31)32)28-23(30)15-5-4-6-17(11-15)24(25,26)27/h4-13,29H,14H2,1-3H3,(H,28,30). The smallest absolute Gasteiger partial charge is 0.416 e. The molecule has 0 aliphatic rings. The Morgan fingerprint density at radius 3 is 2.33 bits per heavy atom. The first-order valence-electron chi connectivity index (χ1n) is 10.3. The molecule has 0 unspecified atom stereocenters. The fourth-order valence-electron chi connectivity index (χ4n) is 3.19. The zero-order chi connectivity index (χ0) is 26.5. The molecule has 192 valence electrons. The Morgan fingerprint density at radius 1 is 0.944 bits per heavy atom. The molecular formula is C24H23F3N2O6S. The van der Waals surface area contributed by atoms with Gasteiger partial charge in [0.2, 0.25) is 10.0 Å². The summed E-state index contributed by atoms with van der Waals surface area (Å²) in [6, 6.07) is 13.1. The molecule has 0 radical (unpaired) electrons. The molecule has 0 heterocycles. The second-order valence-electron chi connectivity index (χ2n) is 7.58. The highest BCUT2D eigenvalue weighted by Crippen LogP contribution is 2.33. The molecule has 36 heavy (non-hydrogen) atoms. The molecule has 0 fully saturated rings. The van der Waals surface area contributed by atoms with Gasteiger partial charge in [-0.3, -0.25) is 9.52 Å². The molecule has 1 amide bonds. The summed E-state index contributed by atoms with van der Waals surface area (Å²) < 4.78 is 81.3. The van der Waals surface area contributed by atoms with Crippen molar-refractivity contribution in [2.75, 3.05) is 30.5 Å². The van der Waals surface area contributed by atoms with Crippen LogP contribution in [0.4, 0.5) is 24.5 Å². The van der Waals surface area contributed by atoms with E-state index >= 15 is 0 Å². The molecule has 0 spiro atoms. The minimum absolute atomic E-state index is 0.0517. The predicted molar refractivity (Wildman–Crippen MR) is 128 cm³/mol. The van der Waals surface area contributed by atoms with Crippen molar-refractivity contribution in [3.63, 3.8) is 0 Å². The SMILES string of the molecule is COc1ccc(OC)c(COc2cc(NC(=O)c3cccc(C(F)(F)F)c3)ccc2NS(C)(=O)=O)c1. The highest BCUT2D eigenvalue weighted by molar-refractivity contribution is 7.92. The van der Waals surface area contributed by atoms with Gasteiger partial charge < -0.3 is 19.5 Å². The number of methoxy groups -OCH3 is 2. The quantitative estimate of drug-likeness (QED) is 0.412. The highest BCUT2D eigenvalue weighted by Gasteiger charge is 2.31. The van der Waals surface area contributed by atoms with Crippen LogP contribution < -0.4 is 24.2 Å². The summed E-state index contributed by atoms with van der Waals surface area (Å²) in [5.41, 5.74) is -0.299. The molecular weight excluding hydrogens is 501 g/mol. The van der Waals surface area contributed by atoms with Crippen LogP contribution in [0.25, 0.3) is 0 Å². The molecule has 0 saturated carbocycles. The van der Waals surface area contributed by atoms with Crippen LogP contribution in [0, 0.1) is 0 Å². The molecule has 3 rings (SSSR count). The van der Waals surface area contributed by atoms with Crippen molar-refractivity contribution in [2.45, 2.75) is 12.8 Å². The van der Waals surface area contributed by atoms with Crippen molar-refractivity contribution in [3.05, 3.63) is 77.4 Å². The van der Waals surface area contributed by atoms with Gasteiger partial charge in [0.05, 0.1) is 31.7 Å². The van der Waals surface area contributed by atoms with E-state index in [4.69, 9.17) is 14.2 Å². The highest BCUT2D eigenvalue weighted by atomic mass is 32.2. The second-order valence-corrected chi connectivity index (χ2v) is 9.33. The zero-order valence-electron chi connectivity index (χ0n) is 19.5. The van der Waals surface area contributed by atoms with Gasteiger partial charge in [0.1, 0.15) is 23.9 Å². The van der Waals surface area contributed by atoms with E-state index in [9.17, 15) is 26.4 Å². The number of rotatable bonds is 9. The molecule has 3 aromatic carbocycles. The van der Waals surface area contributed by atoms with Gasteiger partial charge in [-0.1, -0.05) is 6.07 Å². The lowest BCUT2D eigenvalue weighted by molar-refractivity contribution is -0.137. The first kappa shape index (κ1) is 26.7. The number of nitrogens with one attached hydrogen (secondary N) is 2. The van der Waals surface area contributed by atoms with E-state index in [1.807, 2.05) is 0 Å². The number of amides is 1. The Hall–Kier alpha value is -3.93. The van der Waals surface area contributed by atoms with Crippen LogP contribution >= 0.6 is 0 Å². The molecule has 8 nitrogen and oxygen atoms in total. The number of alkyl halides is 3. The summed E-state index contributed by atoms with van der Waals surface area (Å²) >= 11 is 0. The van der Waals surface area contributed by atoms with Crippen molar-refractivity contribution in [3.8, 4) is 17.2 Å². The van der Waals surface area contributed by atoms with Crippen LogP contribution in [0.1, 0.15) is 21.5 Å². The maximum absolute atomic E-state index is 13.0. The summed E-state index contributed by atoms with van der Waals surface area (Å²) in [6.07, 6.45) is -3.64. The number of carbonyl (C=O) groups excluding carboxylic acids is 1. The maximum atomic E-state index is 13.0. The lowest BCUT2D eigenvalue weighted by Crippen LogP contribution is -2.15.